The summed E-state index contributed by atoms with van der Waals surface area (Å²) < 4.78 is 23.0. The van der Waals surface area contributed by atoms with E-state index in [2.05, 4.69) is 19.2 Å². The average Bonchev–Trinajstić information content (AvgIpc) is 3.31. The lowest BCUT2D eigenvalue weighted by atomic mass is 9.85. The zero-order chi connectivity index (χ0) is 49.2. The number of allylic oxidation sites excluding steroid dienone is 1. The number of carbonyl (C=O) groups is 1. The van der Waals surface area contributed by atoms with Gasteiger partial charge < -0.3 is 40.8 Å². The van der Waals surface area contributed by atoms with E-state index in [0.29, 0.717) is 6.42 Å². The molecule has 67 heavy (non-hydrogen) atoms. The van der Waals surface area contributed by atoms with Gasteiger partial charge in [0.2, 0.25) is 5.91 Å². The van der Waals surface area contributed by atoms with Crippen molar-refractivity contribution in [2.75, 3.05) is 6.61 Å². The van der Waals surface area contributed by atoms with Gasteiger partial charge in [-0.2, -0.15) is 0 Å². The molecule has 1 aliphatic carbocycles. The van der Waals surface area contributed by atoms with Crippen molar-refractivity contribution >= 4 is 13.7 Å². The highest BCUT2D eigenvalue weighted by Gasteiger charge is 2.51. The third-order valence-electron chi connectivity index (χ3n) is 13.8. The Hall–Kier alpha value is -0.920. The zero-order valence-electron chi connectivity index (χ0n) is 43.0. The standard InChI is InChI=1S/C54H106NO11P/c1-3-5-7-9-11-13-15-17-19-21-22-23-24-25-26-28-30-32-34-36-38-40-42-44-48(57)55-46(45-65-67(63,64)66-54-52(61)50(59)49(58)51(60)53(54)62)47(56)43-41-39-37-35-33-31-29-27-20-18-16-14-12-10-8-6-4-2/h41,43,46-47,49-54,56,58-62H,3-40,42,44-45H2,1-2H3,(H,55,57)(H,63,64)/b43-41+/t46-,47+,49?,50+,51?,52?,53?,54?/m0/s1. The molecular formula is C54H106NO11P. The van der Waals surface area contributed by atoms with Gasteiger partial charge in [-0.05, 0) is 19.3 Å². The minimum absolute atomic E-state index is 0.219. The van der Waals surface area contributed by atoms with Crippen LogP contribution in [0.3, 0.4) is 0 Å². The molecule has 0 aromatic heterocycles. The molecule has 0 saturated heterocycles. The number of carbonyl (C=O) groups excluding carboxylic acids is 1. The van der Waals surface area contributed by atoms with Crippen molar-refractivity contribution in [1.29, 1.82) is 0 Å². The molecule has 1 fully saturated rings. The largest absolute Gasteiger partial charge is 0.472 e. The molecule has 6 unspecified atom stereocenters. The normalized spacial score (nSPS) is 21.7. The summed E-state index contributed by atoms with van der Waals surface area (Å²) in [5, 5.41) is 64.3. The lowest BCUT2D eigenvalue weighted by Gasteiger charge is -2.41. The van der Waals surface area contributed by atoms with Crippen molar-refractivity contribution in [2.45, 2.75) is 319 Å². The lowest BCUT2D eigenvalue weighted by Crippen LogP contribution is -2.64. The van der Waals surface area contributed by atoms with Gasteiger partial charge in [0.15, 0.2) is 0 Å². The van der Waals surface area contributed by atoms with Crippen molar-refractivity contribution in [1.82, 2.24) is 5.32 Å². The number of aliphatic hydroxyl groups is 6. The number of aliphatic hydroxyl groups excluding tert-OH is 6. The number of unbranched alkanes of at least 4 members (excludes halogenated alkanes) is 37. The first-order valence-electron chi connectivity index (χ1n) is 28.1. The van der Waals surface area contributed by atoms with E-state index in [0.717, 1.165) is 44.9 Å². The van der Waals surface area contributed by atoms with Crippen LogP contribution < -0.4 is 5.32 Å². The maximum atomic E-state index is 13.0. The third kappa shape index (κ3) is 34.9. The highest BCUT2D eigenvalue weighted by atomic mass is 31.2. The number of amides is 1. The van der Waals surface area contributed by atoms with Crippen LogP contribution >= 0.6 is 7.82 Å². The third-order valence-corrected chi connectivity index (χ3v) is 14.8. The summed E-state index contributed by atoms with van der Waals surface area (Å²) in [6, 6.07) is -1.11. The van der Waals surface area contributed by atoms with Crippen LogP contribution in [-0.4, -0.2) is 96.8 Å². The maximum absolute atomic E-state index is 13.0. The Bertz CT molecular complexity index is 1180. The highest BCUT2D eigenvalue weighted by Crippen LogP contribution is 2.47. The van der Waals surface area contributed by atoms with Crippen molar-refractivity contribution in [3.63, 3.8) is 0 Å². The Labute approximate surface area is 409 Å². The fourth-order valence-corrected chi connectivity index (χ4v) is 10.2. The van der Waals surface area contributed by atoms with Crippen LogP contribution in [0.15, 0.2) is 12.2 Å². The number of phosphoric ester groups is 1. The minimum Gasteiger partial charge on any atom is -0.387 e. The first kappa shape index (κ1) is 64.1. The molecule has 9 atom stereocenters. The molecule has 1 saturated carbocycles. The SMILES string of the molecule is CCCCCCCCCCCCCCCCC/C=C/[C@@H](O)[C@H](COP(=O)(O)OC1C(O)C(O)C(O)[C@@H](O)C1O)NC(=O)CCCCCCCCCCCCCCCCCCCCCCCCC. The Morgan fingerprint density at radius 2 is 0.791 bits per heavy atom. The van der Waals surface area contributed by atoms with Gasteiger partial charge in [0.25, 0.3) is 0 Å². The molecule has 1 rings (SSSR count). The molecule has 0 bridgehead atoms. The summed E-state index contributed by atoms with van der Waals surface area (Å²) in [5.41, 5.74) is 0. The van der Waals surface area contributed by atoms with E-state index in [4.69, 9.17) is 9.05 Å². The molecule has 13 heteroatoms. The van der Waals surface area contributed by atoms with Gasteiger partial charge in [0.1, 0.15) is 36.6 Å². The van der Waals surface area contributed by atoms with E-state index in [1.165, 1.54) is 199 Å². The van der Waals surface area contributed by atoms with Gasteiger partial charge in [-0.15, -0.1) is 0 Å². The van der Waals surface area contributed by atoms with E-state index in [9.17, 15) is 44.9 Å². The van der Waals surface area contributed by atoms with Gasteiger partial charge in [-0.25, -0.2) is 4.57 Å². The molecule has 0 aromatic carbocycles. The van der Waals surface area contributed by atoms with Crippen molar-refractivity contribution in [2.24, 2.45) is 0 Å². The monoisotopic (exact) mass is 976 g/mol. The van der Waals surface area contributed by atoms with E-state index in [1.807, 2.05) is 6.08 Å². The van der Waals surface area contributed by atoms with Crippen molar-refractivity contribution in [3.8, 4) is 0 Å². The van der Waals surface area contributed by atoms with E-state index < -0.39 is 63.2 Å². The fraction of sp³-hybridized carbons (Fsp3) is 0.944. The van der Waals surface area contributed by atoms with Crippen molar-refractivity contribution in [3.05, 3.63) is 12.2 Å². The Balaban J connectivity index is 2.35. The number of nitrogens with one attached hydrogen (secondary N) is 1. The smallest absolute Gasteiger partial charge is 0.387 e. The van der Waals surface area contributed by atoms with Crippen LogP contribution in [0, 0.1) is 0 Å². The molecule has 8 N–H and O–H groups in total. The molecule has 398 valence electrons. The molecule has 1 amide bonds. The quantitative estimate of drug-likeness (QED) is 0.0164. The first-order valence-corrected chi connectivity index (χ1v) is 29.6. The molecule has 12 nitrogen and oxygen atoms in total. The molecule has 0 aromatic rings. The summed E-state index contributed by atoms with van der Waals surface area (Å²) >= 11 is 0. The average molecular weight is 976 g/mol. The molecule has 0 aliphatic heterocycles. The van der Waals surface area contributed by atoms with Crippen LogP contribution in [-0.2, 0) is 18.4 Å². The van der Waals surface area contributed by atoms with Gasteiger partial charge >= 0.3 is 7.82 Å². The van der Waals surface area contributed by atoms with E-state index >= 15 is 0 Å². The molecule has 0 heterocycles. The van der Waals surface area contributed by atoms with Crippen LogP contribution in [0.25, 0.3) is 0 Å². The highest BCUT2D eigenvalue weighted by molar-refractivity contribution is 7.47. The second-order valence-electron chi connectivity index (χ2n) is 20.1. The summed E-state index contributed by atoms with van der Waals surface area (Å²) in [5.74, 6) is -0.334. The number of hydrogen-bond donors (Lipinski definition) is 8. The topological polar surface area (TPSA) is 206 Å². The summed E-state index contributed by atoms with van der Waals surface area (Å²) in [7, 11) is -5.08. The van der Waals surface area contributed by atoms with Crippen LogP contribution in [0.5, 0.6) is 0 Å². The minimum atomic E-state index is -5.08. The number of phosphoric acid groups is 1. The predicted molar refractivity (Wildman–Crippen MR) is 274 cm³/mol. The number of hydrogen-bond acceptors (Lipinski definition) is 10. The molecule has 1 aliphatic rings. The summed E-state index contributed by atoms with van der Waals surface area (Å²) in [6.07, 6.45) is 40.0. The van der Waals surface area contributed by atoms with Crippen LogP contribution in [0.2, 0.25) is 0 Å². The summed E-state index contributed by atoms with van der Waals surface area (Å²) in [6.45, 7) is 3.89. The molecule has 0 spiro atoms. The second kappa shape index (κ2) is 43.8. The molecule has 0 radical (unpaired) electrons. The Kier molecular flexibility index (Phi) is 41.9. The van der Waals surface area contributed by atoms with Gasteiger partial charge in [0.05, 0.1) is 18.8 Å². The second-order valence-corrected chi connectivity index (χ2v) is 21.6. The van der Waals surface area contributed by atoms with Gasteiger partial charge in [0, 0.05) is 6.42 Å². The van der Waals surface area contributed by atoms with Crippen molar-refractivity contribution < 1.29 is 53.9 Å². The van der Waals surface area contributed by atoms with Gasteiger partial charge in [-0.1, -0.05) is 257 Å². The van der Waals surface area contributed by atoms with Crippen LogP contribution in [0.4, 0.5) is 0 Å². The van der Waals surface area contributed by atoms with Crippen LogP contribution in [0.1, 0.15) is 271 Å². The maximum Gasteiger partial charge on any atom is 0.472 e. The number of rotatable bonds is 48. The van der Waals surface area contributed by atoms with E-state index in [1.54, 1.807) is 6.08 Å². The Morgan fingerprint density at radius 1 is 0.493 bits per heavy atom. The van der Waals surface area contributed by atoms with Gasteiger partial charge in [-0.3, -0.25) is 13.8 Å². The zero-order valence-corrected chi connectivity index (χ0v) is 43.9. The lowest BCUT2D eigenvalue weighted by molar-refractivity contribution is -0.220. The Morgan fingerprint density at radius 3 is 1.13 bits per heavy atom. The fourth-order valence-electron chi connectivity index (χ4n) is 9.26. The summed E-state index contributed by atoms with van der Waals surface area (Å²) in [4.78, 5) is 23.5. The van der Waals surface area contributed by atoms with E-state index in [-0.39, 0.29) is 12.3 Å². The molecular weight excluding hydrogens is 870 g/mol. The first-order chi connectivity index (χ1) is 32.4. The predicted octanol–water partition coefficient (Wildman–Crippen LogP) is 12.4.